The van der Waals surface area contributed by atoms with Crippen molar-refractivity contribution in [2.45, 2.75) is 187 Å². The Morgan fingerprint density at radius 2 is 1.19 bits per heavy atom. The Hall–Kier alpha value is -2.07. The number of hydrogen-bond acceptors (Lipinski definition) is 9. The van der Waals surface area contributed by atoms with E-state index in [1.807, 2.05) is 12.2 Å². The zero-order valence-corrected chi connectivity index (χ0v) is 35.0. The fourth-order valence-corrected chi connectivity index (χ4v) is 6.38. The van der Waals surface area contributed by atoms with Crippen molar-refractivity contribution in [2.75, 3.05) is 26.4 Å². The molecule has 10 nitrogen and oxygen atoms in total. The van der Waals surface area contributed by atoms with Gasteiger partial charge in [-0.15, -0.1) is 0 Å². The van der Waals surface area contributed by atoms with Crippen molar-refractivity contribution in [2.24, 2.45) is 5.73 Å². The number of esters is 2. The van der Waals surface area contributed by atoms with Gasteiger partial charge < -0.3 is 25.2 Å². The molecule has 3 unspecified atom stereocenters. The van der Waals surface area contributed by atoms with Crippen LogP contribution in [0.15, 0.2) is 48.6 Å². The maximum absolute atomic E-state index is 12.6. The van der Waals surface area contributed by atoms with Crippen molar-refractivity contribution in [3.63, 3.8) is 0 Å². The largest absolute Gasteiger partial charge is 0.472 e. The summed E-state index contributed by atoms with van der Waals surface area (Å²) >= 11 is 0. The SMILES string of the molecule is CCCCC/C=C/C/C=C/C/C=C/C=C/C(O)CCCC(=O)OC(COC(=O)CCCCCCCCCCCCCCCCC)COP(=O)(O)OCCN. The molecule has 0 saturated carbocycles. The number of carbonyl (C=O) groups excluding carboxylic acids is 2. The first-order valence-corrected chi connectivity index (χ1v) is 22.7. The lowest BCUT2D eigenvalue weighted by atomic mass is 10.0. The van der Waals surface area contributed by atoms with Gasteiger partial charge in [-0.2, -0.15) is 0 Å². The van der Waals surface area contributed by atoms with Crippen molar-refractivity contribution < 1.29 is 42.7 Å². The van der Waals surface area contributed by atoms with E-state index in [1.54, 1.807) is 12.2 Å². The van der Waals surface area contributed by atoms with E-state index in [1.165, 1.54) is 89.9 Å². The van der Waals surface area contributed by atoms with Crippen LogP contribution in [0.4, 0.5) is 0 Å². The van der Waals surface area contributed by atoms with Gasteiger partial charge in [0, 0.05) is 19.4 Å². The lowest BCUT2D eigenvalue weighted by Crippen LogP contribution is -2.29. The van der Waals surface area contributed by atoms with Gasteiger partial charge in [0.1, 0.15) is 6.61 Å². The molecule has 0 bridgehead atoms. The van der Waals surface area contributed by atoms with E-state index in [-0.39, 0.29) is 32.6 Å². The van der Waals surface area contributed by atoms with Gasteiger partial charge in [0.05, 0.1) is 19.3 Å². The minimum atomic E-state index is -4.43. The summed E-state index contributed by atoms with van der Waals surface area (Å²) < 4.78 is 32.6. The number of phosphoric ester groups is 1. The summed E-state index contributed by atoms with van der Waals surface area (Å²) in [6.45, 7) is 3.48. The molecule has 0 rings (SSSR count). The Bertz CT molecular complexity index is 1050. The lowest BCUT2D eigenvalue weighted by Gasteiger charge is -2.20. The minimum Gasteiger partial charge on any atom is -0.462 e. The van der Waals surface area contributed by atoms with Crippen molar-refractivity contribution in [3.8, 4) is 0 Å². The standard InChI is InChI=1S/C43H78NO9P/c1-3-5-7-9-11-13-15-17-18-20-22-24-26-28-30-34-42(46)50-38-41(39-52-54(48,49)51-37-36-44)53-43(47)35-31-33-40(45)32-29-27-25-23-21-19-16-14-12-10-8-6-4-2/h12,14,19,21,25,27,29,32,40-41,45H,3-11,13,15-18,20,22-24,26,28,30-31,33-39,44H2,1-2H3,(H,48,49)/b14-12+,21-19+,27-25+,32-29+. The molecule has 54 heavy (non-hydrogen) atoms. The molecular formula is C43H78NO9P. The van der Waals surface area contributed by atoms with Crippen LogP contribution in [0.2, 0.25) is 0 Å². The van der Waals surface area contributed by atoms with Gasteiger partial charge in [-0.05, 0) is 44.9 Å². The zero-order chi connectivity index (χ0) is 39.8. The van der Waals surface area contributed by atoms with Crippen LogP contribution in [-0.4, -0.2) is 60.5 Å². The van der Waals surface area contributed by atoms with E-state index in [0.29, 0.717) is 19.3 Å². The van der Waals surface area contributed by atoms with Crippen molar-refractivity contribution in [3.05, 3.63) is 48.6 Å². The second-order valence-electron chi connectivity index (χ2n) is 14.1. The van der Waals surface area contributed by atoms with Crippen molar-refractivity contribution in [1.29, 1.82) is 0 Å². The molecule has 0 aliphatic carbocycles. The summed E-state index contributed by atoms with van der Waals surface area (Å²) in [6.07, 6.45) is 40.3. The molecule has 0 heterocycles. The second-order valence-corrected chi connectivity index (χ2v) is 15.5. The molecule has 0 amide bonds. The number of hydrogen-bond donors (Lipinski definition) is 3. The Morgan fingerprint density at radius 1 is 0.648 bits per heavy atom. The summed E-state index contributed by atoms with van der Waals surface area (Å²) in [5, 5.41) is 10.3. The van der Waals surface area contributed by atoms with Crippen LogP contribution < -0.4 is 5.73 Å². The highest BCUT2D eigenvalue weighted by molar-refractivity contribution is 7.47. The fourth-order valence-electron chi connectivity index (χ4n) is 5.62. The average molecular weight is 784 g/mol. The predicted molar refractivity (Wildman–Crippen MR) is 221 cm³/mol. The summed E-state index contributed by atoms with van der Waals surface area (Å²) in [4.78, 5) is 34.8. The number of rotatable bonds is 39. The molecule has 4 N–H and O–H groups in total. The smallest absolute Gasteiger partial charge is 0.462 e. The topological polar surface area (TPSA) is 155 Å². The first kappa shape index (κ1) is 51.9. The van der Waals surface area contributed by atoms with Crippen molar-refractivity contribution >= 4 is 19.8 Å². The maximum Gasteiger partial charge on any atom is 0.472 e. The number of nitrogens with two attached hydrogens (primary N) is 1. The second kappa shape index (κ2) is 39.2. The van der Waals surface area contributed by atoms with Crippen LogP contribution in [-0.2, 0) is 32.7 Å². The number of carbonyl (C=O) groups is 2. The third kappa shape index (κ3) is 38.2. The van der Waals surface area contributed by atoms with Crippen LogP contribution in [0, 0.1) is 0 Å². The van der Waals surface area contributed by atoms with Gasteiger partial charge >= 0.3 is 19.8 Å². The van der Waals surface area contributed by atoms with Gasteiger partial charge in [0.15, 0.2) is 6.10 Å². The molecule has 0 aromatic rings. The first-order chi connectivity index (χ1) is 26.2. The van der Waals surface area contributed by atoms with Crippen LogP contribution in [0.3, 0.4) is 0 Å². The molecule has 314 valence electrons. The summed E-state index contributed by atoms with van der Waals surface area (Å²) in [7, 11) is -4.43. The fraction of sp³-hybridized carbons (Fsp3) is 0.767. The third-order valence-electron chi connectivity index (χ3n) is 8.82. The summed E-state index contributed by atoms with van der Waals surface area (Å²) in [5.41, 5.74) is 5.33. The average Bonchev–Trinajstić information content (AvgIpc) is 3.15. The van der Waals surface area contributed by atoms with Gasteiger partial charge in [0.25, 0.3) is 0 Å². The number of ether oxygens (including phenoxy) is 2. The zero-order valence-electron chi connectivity index (χ0n) is 34.1. The molecule has 0 fully saturated rings. The molecule has 0 spiro atoms. The lowest BCUT2D eigenvalue weighted by molar-refractivity contribution is -0.161. The van der Waals surface area contributed by atoms with E-state index in [9.17, 15) is 24.2 Å². The molecule has 0 aliphatic rings. The van der Waals surface area contributed by atoms with E-state index in [0.717, 1.165) is 38.5 Å². The van der Waals surface area contributed by atoms with E-state index in [4.69, 9.17) is 24.3 Å². The highest BCUT2D eigenvalue weighted by Gasteiger charge is 2.26. The van der Waals surface area contributed by atoms with Crippen LogP contribution in [0.5, 0.6) is 0 Å². The third-order valence-corrected chi connectivity index (χ3v) is 9.81. The molecule has 0 radical (unpaired) electrons. The van der Waals surface area contributed by atoms with Crippen LogP contribution in [0.1, 0.15) is 174 Å². The molecule has 0 saturated heterocycles. The van der Waals surface area contributed by atoms with Crippen molar-refractivity contribution in [1.82, 2.24) is 0 Å². The summed E-state index contributed by atoms with van der Waals surface area (Å²) in [5.74, 6) is -1.03. The van der Waals surface area contributed by atoms with Crippen LogP contribution in [0.25, 0.3) is 0 Å². The van der Waals surface area contributed by atoms with Gasteiger partial charge in [-0.25, -0.2) is 4.57 Å². The van der Waals surface area contributed by atoms with E-state index >= 15 is 0 Å². The Labute approximate surface area is 329 Å². The number of aliphatic hydroxyl groups excluding tert-OH is 1. The number of aliphatic hydroxyl groups is 1. The Morgan fingerprint density at radius 3 is 1.80 bits per heavy atom. The highest BCUT2D eigenvalue weighted by atomic mass is 31.2. The molecule has 0 aromatic carbocycles. The van der Waals surface area contributed by atoms with Crippen LogP contribution >= 0.6 is 7.82 Å². The quantitative estimate of drug-likeness (QED) is 0.0180. The van der Waals surface area contributed by atoms with Gasteiger partial charge in [-0.3, -0.25) is 18.6 Å². The minimum absolute atomic E-state index is 0.00259. The predicted octanol–water partition coefficient (Wildman–Crippen LogP) is 10.9. The molecular weight excluding hydrogens is 705 g/mol. The Balaban J connectivity index is 4.37. The van der Waals surface area contributed by atoms with Gasteiger partial charge in [0.2, 0.25) is 0 Å². The summed E-state index contributed by atoms with van der Waals surface area (Å²) in [6, 6.07) is 0. The molecule has 3 atom stereocenters. The monoisotopic (exact) mass is 784 g/mol. The van der Waals surface area contributed by atoms with Gasteiger partial charge in [-0.1, -0.05) is 165 Å². The molecule has 0 aliphatic heterocycles. The highest BCUT2D eigenvalue weighted by Crippen LogP contribution is 2.43. The number of unbranched alkanes of at least 4 members (excludes halogenated alkanes) is 17. The molecule has 0 aromatic heterocycles. The first-order valence-electron chi connectivity index (χ1n) is 21.2. The molecule has 11 heteroatoms. The normalized spacial score (nSPS) is 14.4. The maximum atomic E-state index is 12.6. The van der Waals surface area contributed by atoms with E-state index in [2.05, 4.69) is 38.2 Å². The number of allylic oxidation sites excluding steroid dienone is 7. The Kier molecular flexibility index (Phi) is 37.7. The van der Waals surface area contributed by atoms with E-state index < -0.39 is 38.6 Å². The number of phosphoric acid groups is 1.